The van der Waals surface area contributed by atoms with Crippen LogP contribution in [0, 0.1) is 0 Å². The summed E-state index contributed by atoms with van der Waals surface area (Å²) in [6, 6.07) is 28.1. The Balaban J connectivity index is 0. The number of nitrogens with two attached hydrogens (primary N) is 4. The van der Waals surface area contributed by atoms with Crippen molar-refractivity contribution in [3.8, 4) is 0 Å². The first-order chi connectivity index (χ1) is 23.1. The van der Waals surface area contributed by atoms with Crippen molar-refractivity contribution in [1.82, 2.24) is 24.9 Å². The molecule has 5 heterocycles. The molecule has 0 saturated carbocycles. The van der Waals surface area contributed by atoms with Crippen molar-refractivity contribution in [2.75, 3.05) is 0 Å². The first kappa shape index (κ1) is 46.4. The van der Waals surface area contributed by atoms with Gasteiger partial charge < -0.3 is 27.6 Å². The fourth-order valence-electron chi connectivity index (χ4n) is 3.13. The van der Waals surface area contributed by atoms with Gasteiger partial charge in [-0.3, -0.25) is 29.7 Å². The molecular weight excluding hydrogens is 674 g/mol. The molecule has 0 spiro atoms. The number of pyridine rings is 5. The van der Waals surface area contributed by atoms with E-state index >= 15 is 0 Å². The van der Waals surface area contributed by atoms with Crippen LogP contribution in [0.5, 0.6) is 0 Å². The number of hydrogen-bond donors (Lipinski definition) is 6. The Morgan fingerprint density at radius 3 is 1.00 bits per heavy atom. The summed E-state index contributed by atoms with van der Waals surface area (Å²) in [6.45, 7) is 8.96. The first-order valence-electron chi connectivity index (χ1n) is 14.8. The molecular formula is C35H48N10O3Zn. The van der Waals surface area contributed by atoms with Crippen molar-refractivity contribution < 1.29 is 34.7 Å². The number of carbonyl (C=O) groups is 1. The Morgan fingerprint density at radius 1 is 0.551 bits per heavy atom. The summed E-state index contributed by atoms with van der Waals surface area (Å²) in [7, 11) is 0. The normalized spacial score (nSPS) is 11.3. The van der Waals surface area contributed by atoms with Gasteiger partial charge in [-0.2, -0.15) is 0 Å². The largest absolute Gasteiger partial charge is 0.411 e. The topological polar surface area (TPSA) is 238 Å². The average molecular weight is 722 g/mol. The predicted octanol–water partition coefficient (Wildman–Crippen LogP) is 5.20. The van der Waals surface area contributed by atoms with Crippen LogP contribution >= 0.6 is 0 Å². The summed E-state index contributed by atoms with van der Waals surface area (Å²) >= 11 is 0. The van der Waals surface area contributed by atoms with Crippen LogP contribution in [0.4, 0.5) is 0 Å². The number of aromatic nitrogens is 5. The van der Waals surface area contributed by atoms with E-state index in [0.717, 1.165) is 17.1 Å². The second-order valence-corrected chi connectivity index (χ2v) is 9.80. The van der Waals surface area contributed by atoms with Crippen molar-refractivity contribution >= 4 is 11.5 Å². The summed E-state index contributed by atoms with van der Waals surface area (Å²) in [5.41, 5.74) is 21.2. The van der Waals surface area contributed by atoms with Gasteiger partial charge in [0.15, 0.2) is 5.78 Å². The maximum Gasteiger partial charge on any atom is 0.178 e. The molecule has 0 aliphatic rings. The van der Waals surface area contributed by atoms with Crippen molar-refractivity contribution in [3.05, 3.63) is 150 Å². The number of hydrogen-bond acceptors (Lipinski definition) is 13. The minimum atomic E-state index is 0. The molecule has 258 valence electrons. The fraction of sp³-hybridized carbons (Fsp3) is 0.229. The molecule has 49 heavy (non-hydrogen) atoms. The quantitative estimate of drug-likeness (QED) is 0.0451. The smallest absolute Gasteiger partial charge is 0.178 e. The van der Waals surface area contributed by atoms with Crippen LogP contribution in [0.3, 0.4) is 0 Å². The summed E-state index contributed by atoms with van der Waals surface area (Å²) in [6.07, 6.45) is 8.51. The van der Waals surface area contributed by atoms with E-state index in [0.29, 0.717) is 17.1 Å². The summed E-state index contributed by atoms with van der Waals surface area (Å²) in [4.78, 5) is 30.5. The van der Waals surface area contributed by atoms with Crippen LogP contribution in [-0.4, -0.2) is 46.8 Å². The van der Waals surface area contributed by atoms with Crippen molar-refractivity contribution in [2.45, 2.75) is 52.7 Å². The minimum Gasteiger partial charge on any atom is -0.411 e. The van der Waals surface area contributed by atoms with Crippen molar-refractivity contribution in [1.29, 1.82) is 0 Å². The number of nitrogens with zero attached hydrogens (tertiary/aromatic N) is 6. The first-order valence-corrected chi connectivity index (χ1v) is 14.8. The van der Waals surface area contributed by atoms with Crippen molar-refractivity contribution in [2.24, 2.45) is 28.3 Å². The maximum absolute atomic E-state index is 10.6. The number of Topliss-reactive ketones (excluding diaryl/α,β-unsaturated/α-hetero) is 1. The molecule has 5 aromatic rings. The van der Waals surface area contributed by atoms with E-state index in [1.54, 1.807) is 62.2 Å². The van der Waals surface area contributed by atoms with E-state index in [1.807, 2.05) is 87.5 Å². The second kappa shape index (κ2) is 29.5. The molecule has 0 amide bonds. The molecule has 13 nitrogen and oxygen atoms in total. The zero-order chi connectivity index (χ0) is 36.2. The monoisotopic (exact) mass is 720 g/mol. The van der Waals surface area contributed by atoms with Gasteiger partial charge in [0.1, 0.15) is 11.4 Å². The molecule has 5 aromatic heterocycles. The zero-order valence-corrected chi connectivity index (χ0v) is 31.7. The Labute approximate surface area is 301 Å². The molecule has 3 atom stereocenters. The molecule has 0 aliphatic carbocycles. The number of ketones is 1. The molecule has 5 rings (SSSR count). The van der Waals surface area contributed by atoms with Gasteiger partial charge in [-0.25, -0.2) is 5.90 Å². The summed E-state index contributed by atoms with van der Waals surface area (Å²) in [5.74, 6) is 3.51. The van der Waals surface area contributed by atoms with E-state index in [1.165, 1.54) is 6.92 Å². The fourth-order valence-corrected chi connectivity index (χ4v) is 3.13. The minimum absolute atomic E-state index is 0. The van der Waals surface area contributed by atoms with Gasteiger partial charge in [0.05, 0.1) is 22.8 Å². The van der Waals surface area contributed by atoms with Gasteiger partial charge >= 0.3 is 0 Å². The predicted molar refractivity (Wildman–Crippen MR) is 189 cm³/mol. The molecule has 0 fully saturated rings. The van der Waals surface area contributed by atoms with Gasteiger partial charge in [0, 0.05) is 75.5 Å². The Morgan fingerprint density at radius 2 is 0.837 bits per heavy atom. The Bertz CT molecular complexity index is 1400. The second-order valence-electron chi connectivity index (χ2n) is 9.80. The third-order valence-electron chi connectivity index (χ3n) is 5.67. The zero-order valence-electron chi connectivity index (χ0n) is 28.8. The van der Waals surface area contributed by atoms with Crippen LogP contribution in [-0.2, 0) is 19.5 Å². The molecule has 10 N–H and O–H groups in total. The van der Waals surface area contributed by atoms with Gasteiger partial charge in [-0.05, 0) is 88.4 Å². The molecule has 0 aliphatic heterocycles. The molecule has 14 heteroatoms. The molecule has 0 saturated heterocycles. The molecule has 0 aromatic carbocycles. The van der Waals surface area contributed by atoms with Crippen LogP contribution < -0.4 is 23.1 Å². The SMILES string of the molecule is C/C(=N\O)c1ccccn1.CC(=O)c1ccccn1.CC(N)c1ccccn1.C[C@@H](N)c1ccccn1.C[C@H](N)c1ccccn1.NO.[Zn]. The molecule has 1 unspecified atom stereocenters. The number of carbonyl (C=O) groups excluding carboxylic acids is 1. The van der Waals surface area contributed by atoms with E-state index in [9.17, 15) is 4.79 Å². The van der Waals surface area contributed by atoms with Crippen LogP contribution in [0.25, 0.3) is 0 Å². The number of oxime groups is 1. The maximum atomic E-state index is 10.6. The van der Waals surface area contributed by atoms with Gasteiger partial charge in [0.25, 0.3) is 0 Å². The third kappa shape index (κ3) is 22.5. The van der Waals surface area contributed by atoms with E-state index in [2.05, 4.69) is 36.0 Å². The van der Waals surface area contributed by atoms with Gasteiger partial charge in [-0.1, -0.05) is 35.5 Å². The van der Waals surface area contributed by atoms with Crippen molar-refractivity contribution in [3.63, 3.8) is 0 Å². The Kier molecular flexibility index (Phi) is 27.9. The van der Waals surface area contributed by atoms with Gasteiger partial charge in [-0.15, -0.1) is 0 Å². The Hall–Kier alpha value is -4.69. The standard InChI is InChI=1S/C7H8N2O.3C7H10N2.C7H7NO.H3NO.Zn/c1-6(9-10)7-4-2-3-5-8-7;3*1-6(8)7-4-2-3-5-9-7;1-6(9)7-4-2-3-5-8-7;1-2;/h2-5,10H,1H3;3*2-6H,8H2,1H3;2-5H,1H3;2H,1H2;/b9-6+;;;;;;/t;2*6-;;;;/m.10..../s1. The van der Waals surface area contributed by atoms with Gasteiger partial charge in [0.2, 0.25) is 0 Å². The molecule has 0 bridgehead atoms. The van der Waals surface area contributed by atoms with Crippen LogP contribution in [0.15, 0.2) is 127 Å². The van der Waals surface area contributed by atoms with Crippen LogP contribution in [0.2, 0.25) is 0 Å². The van der Waals surface area contributed by atoms with Crippen LogP contribution in [0.1, 0.15) is 86.0 Å². The van der Waals surface area contributed by atoms with E-state index < -0.39 is 0 Å². The van der Waals surface area contributed by atoms with E-state index in [-0.39, 0.29) is 43.4 Å². The molecule has 0 radical (unpaired) electrons. The third-order valence-corrected chi connectivity index (χ3v) is 5.67. The average Bonchev–Trinajstić information content (AvgIpc) is 3.15. The summed E-state index contributed by atoms with van der Waals surface area (Å²) < 4.78 is 0. The summed E-state index contributed by atoms with van der Waals surface area (Å²) in [5, 5.41) is 17.8. The number of rotatable bonds is 5. The van der Waals surface area contributed by atoms with E-state index in [4.69, 9.17) is 27.6 Å².